The minimum absolute atomic E-state index is 0.345. The molecule has 0 saturated carbocycles. The average molecular weight is 164 g/mol. The molecule has 1 N–H and O–H groups in total. The van der Waals surface area contributed by atoms with Crippen LogP contribution in [-0.4, -0.2) is 18.0 Å². The molecule has 0 bridgehead atoms. The predicted molar refractivity (Wildman–Crippen MR) is 46.7 cm³/mol. The molecule has 0 saturated heterocycles. The highest BCUT2D eigenvalue weighted by Gasteiger charge is 1.97. The standard InChI is InChI=1S/C9H10NO2/c1-7(10-11)8-3-5-9(12-2)6-4-8/h3-6,11H,1H2,2H3. The molecule has 3 nitrogen and oxygen atoms in total. The Morgan fingerprint density at radius 2 is 2.00 bits per heavy atom. The number of hydrogen-bond donors (Lipinski definition) is 1. The monoisotopic (exact) mass is 164 g/mol. The Bertz CT molecular complexity index is 277. The van der Waals surface area contributed by atoms with Crippen LogP contribution in [0.2, 0.25) is 0 Å². The Balaban J connectivity index is 2.92. The Labute approximate surface area is 71.3 Å². The second kappa shape index (κ2) is 3.76. The molecule has 1 aromatic rings. The molecule has 0 unspecified atom stereocenters. The maximum Gasteiger partial charge on any atom is 0.118 e. The van der Waals surface area contributed by atoms with Crippen LogP contribution in [0.4, 0.5) is 0 Å². The molecule has 12 heavy (non-hydrogen) atoms. The summed E-state index contributed by atoms with van der Waals surface area (Å²) in [6.07, 6.45) is 0. The topological polar surface area (TPSA) is 41.8 Å². The van der Waals surface area contributed by atoms with E-state index >= 15 is 0 Å². The molecule has 0 spiro atoms. The zero-order chi connectivity index (χ0) is 8.97. The molecule has 0 amide bonds. The maximum atomic E-state index is 8.41. The number of oxime groups is 1. The fourth-order valence-electron chi connectivity index (χ4n) is 0.841. The van der Waals surface area contributed by atoms with Crippen LogP contribution >= 0.6 is 0 Å². The van der Waals surface area contributed by atoms with E-state index in [-0.39, 0.29) is 0 Å². The van der Waals surface area contributed by atoms with Crippen molar-refractivity contribution in [2.24, 2.45) is 5.16 Å². The van der Waals surface area contributed by atoms with Gasteiger partial charge in [0.15, 0.2) is 0 Å². The highest BCUT2D eigenvalue weighted by Crippen LogP contribution is 2.11. The molecule has 0 aliphatic rings. The number of benzene rings is 1. The van der Waals surface area contributed by atoms with Gasteiger partial charge in [0.05, 0.1) is 12.8 Å². The van der Waals surface area contributed by atoms with Crippen LogP contribution in [0, 0.1) is 6.92 Å². The highest BCUT2D eigenvalue weighted by atomic mass is 16.5. The van der Waals surface area contributed by atoms with Crippen molar-refractivity contribution in [1.82, 2.24) is 0 Å². The second-order valence-electron chi connectivity index (χ2n) is 2.28. The van der Waals surface area contributed by atoms with E-state index in [9.17, 15) is 0 Å². The van der Waals surface area contributed by atoms with Gasteiger partial charge >= 0.3 is 0 Å². The predicted octanol–water partition coefficient (Wildman–Crippen LogP) is 1.71. The fourth-order valence-corrected chi connectivity index (χ4v) is 0.841. The highest BCUT2D eigenvalue weighted by molar-refractivity contribution is 6.03. The summed E-state index contributed by atoms with van der Waals surface area (Å²) in [4.78, 5) is 0. The molecule has 0 atom stereocenters. The number of hydrogen-bond acceptors (Lipinski definition) is 3. The summed E-state index contributed by atoms with van der Waals surface area (Å²) in [7, 11) is 1.60. The number of rotatable bonds is 2. The van der Waals surface area contributed by atoms with Crippen molar-refractivity contribution in [2.75, 3.05) is 7.11 Å². The zero-order valence-corrected chi connectivity index (χ0v) is 6.82. The molecular formula is C9H10NO2. The van der Waals surface area contributed by atoms with Gasteiger partial charge in [0.25, 0.3) is 0 Å². The van der Waals surface area contributed by atoms with Gasteiger partial charge in [0, 0.05) is 0 Å². The largest absolute Gasteiger partial charge is 0.497 e. The first-order valence-electron chi connectivity index (χ1n) is 3.46. The van der Waals surface area contributed by atoms with Crippen molar-refractivity contribution in [3.8, 4) is 5.75 Å². The molecule has 0 aliphatic heterocycles. The molecule has 0 aromatic heterocycles. The Kier molecular flexibility index (Phi) is 2.69. The summed E-state index contributed by atoms with van der Waals surface area (Å²) in [5.41, 5.74) is 1.12. The van der Waals surface area contributed by atoms with E-state index in [1.807, 2.05) is 0 Å². The van der Waals surface area contributed by atoms with E-state index in [0.29, 0.717) is 5.71 Å². The third kappa shape index (κ3) is 1.75. The summed E-state index contributed by atoms with van der Waals surface area (Å²) in [5, 5.41) is 11.4. The molecule has 0 fully saturated rings. The van der Waals surface area contributed by atoms with Gasteiger partial charge in [-0.3, -0.25) is 0 Å². The van der Waals surface area contributed by atoms with Crippen LogP contribution in [0.25, 0.3) is 0 Å². The van der Waals surface area contributed by atoms with Crippen LogP contribution in [0.5, 0.6) is 5.75 Å². The normalized spacial score (nSPS) is 11.3. The van der Waals surface area contributed by atoms with Gasteiger partial charge < -0.3 is 9.94 Å². The first-order valence-corrected chi connectivity index (χ1v) is 3.46. The molecule has 1 aromatic carbocycles. The summed E-state index contributed by atoms with van der Waals surface area (Å²) in [6, 6.07) is 7.12. The number of nitrogens with zero attached hydrogens (tertiary/aromatic N) is 1. The first kappa shape index (κ1) is 8.59. The molecule has 63 valence electrons. The maximum absolute atomic E-state index is 8.41. The lowest BCUT2D eigenvalue weighted by atomic mass is 10.1. The van der Waals surface area contributed by atoms with Crippen molar-refractivity contribution in [3.63, 3.8) is 0 Å². The van der Waals surface area contributed by atoms with Crippen molar-refractivity contribution in [2.45, 2.75) is 0 Å². The van der Waals surface area contributed by atoms with Crippen molar-refractivity contribution >= 4 is 5.71 Å². The van der Waals surface area contributed by atoms with Gasteiger partial charge in [-0.15, -0.1) is 0 Å². The van der Waals surface area contributed by atoms with Crippen molar-refractivity contribution in [1.29, 1.82) is 0 Å². The SMILES string of the molecule is [CH2]C(=NO)c1ccc(OC)cc1. The lowest BCUT2D eigenvalue weighted by Crippen LogP contribution is -1.94. The quantitative estimate of drug-likeness (QED) is 0.410. The van der Waals surface area contributed by atoms with Gasteiger partial charge in [-0.1, -0.05) is 5.16 Å². The van der Waals surface area contributed by atoms with Crippen LogP contribution in [0.1, 0.15) is 5.56 Å². The van der Waals surface area contributed by atoms with E-state index in [2.05, 4.69) is 12.1 Å². The average Bonchev–Trinajstić information content (AvgIpc) is 2.17. The number of methoxy groups -OCH3 is 1. The Morgan fingerprint density at radius 1 is 1.42 bits per heavy atom. The zero-order valence-electron chi connectivity index (χ0n) is 6.82. The minimum atomic E-state index is 0.345. The minimum Gasteiger partial charge on any atom is -0.497 e. The van der Waals surface area contributed by atoms with Gasteiger partial charge in [-0.25, -0.2) is 0 Å². The number of ether oxygens (including phenoxy) is 1. The molecule has 0 aliphatic carbocycles. The van der Waals surface area contributed by atoms with E-state index in [1.54, 1.807) is 31.4 Å². The molecule has 0 heterocycles. The summed E-state index contributed by atoms with van der Waals surface area (Å²) in [6.45, 7) is 3.54. The van der Waals surface area contributed by atoms with Gasteiger partial charge in [-0.2, -0.15) is 0 Å². The third-order valence-electron chi connectivity index (χ3n) is 1.54. The van der Waals surface area contributed by atoms with Gasteiger partial charge in [0.2, 0.25) is 0 Å². The van der Waals surface area contributed by atoms with Crippen LogP contribution < -0.4 is 4.74 Å². The molecular weight excluding hydrogens is 154 g/mol. The first-order chi connectivity index (χ1) is 5.77. The molecule has 3 heteroatoms. The van der Waals surface area contributed by atoms with E-state index in [4.69, 9.17) is 9.94 Å². The molecule has 1 rings (SSSR count). The van der Waals surface area contributed by atoms with E-state index in [0.717, 1.165) is 11.3 Å². The molecule has 1 radical (unpaired) electrons. The van der Waals surface area contributed by atoms with Crippen molar-refractivity contribution in [3.05, 3.63) is 36.8 Å². The van der Waals surface area contributed by atoms with Gasteiger partial charge in [0.1, 0.15) is 5.75 Å². The van der Waals surface area contributed by atoms with Crippen LogP contribution in [-0.2, 0) is 0 Å². The summed E-state index contributed by atoms with van der Waals surface area (Å²) in [5.74, 6) is 0.768. The summed E-state index contributed by atoms with van der Waals surface area (Å²) >= 11 is 0. The van der Waals surface area contributed by atoms with Crippen molar-refractivity contribution < 1.29 is 9.94 Å². The fraction of sp³-hybridized carbons (Fsp3) is 0.111. The van der Waals surface area contributed by atoms with Crippen LogP contribution in [0.3, 0.4) is 0 Å². The van der Waals surface area contributed by atoms with E-state index in [1.165, 1.54) is 0 Å². The lowest BCUT2D eigenvalue weighted by Gasteiger charge is -2.00. The Morgan fingerprint density at radius 3 is 2.42 bits per heavy atom. The lowest BCUT2D eigenvalue weighted by molar-refractivity contribution is 0.320. The summed E-state index contributed by atoms with van der Waals surface area (Å²) < 4.78 is 4.96. The Hall–Kier alpha value is -1.51. The van der Waals surface area contributed by atoms with E-state index < -0.39 is 0 Å². The second-order valence-corrected chi connectivity index (χ2v) is 2.28. The third-order valence-corrected chi connectivity index (χ3v) is 1.54. The van der Waals surface area contributed by atoms with Gasteiger partial charge in [-0.05, 0) is 36.8 Å². The van der Waals surface area contributed by atoms with Crippen LogP contribution in [0.15, 0.2) is 29.4 Å². The smallest absolute Gasteiger partial charge is 0.118 e.